The molecule has 0 aliphatic rings. The molecule has 0 saturated heterocycles. The smallest absolute Gasteiger partial charge is 0.135 e. The average Bonchev–Trinajstić information content (AvgIpc) is 3.35. The Labute approximate surface area is 166 Å². The highest BCUT2D eigenvalue weighted by Gasteiger charge is 2.31. The number of furan rings is 1. The van der Waals surface area contributed by atoms with E-state index in [1.807, 2.05) is 24.3 Å². The largest absolute Gasteiger partial charge is 0.462 e. The molecule has 0 aliphatic carbocycles. The van der Waals surface area contributed by atoms with E-state index in [9.17, 15) is 5.11 Å². The van der Waals surface area contributed by atoms with Gasteiger partial charge >= 0.3 is 0 Å². The molecule has 0 unspecified atom stereocenters. The van der Waals surface area contributed by atoms with Gasteiger partial charge in [0.2, 0.25) is 0 Å². The van der Waals surface area contributed by atoms with Crippen molar-refractivity contribution in [2.24, 2.45) is 0 Å². The van der Waals surface area contributed by atoms with E-state index < -0.39 is 5.60 Å². The third kappa shape index (κ3) is 6.78. The van der Waals surface area contributed by atoms with Gasteiger partial charge in [0.15, 0.2) is 0 Å². The van der Waals surface area contributed by atoms with Crippen LogP contribution in [0.1, 0.15) is 42.1 Å². The van der Waals surface area contributed by atoms with Crippen LogP contribution in [0.3, 0.4) is 0 Å². The third-order valence-corrected chi connectivity index (χ3v) is 5.46. The van der Waals surface area contributed by atoms with Gasteiger partial charge in [-0.25, -0.2) is 0 Å². The van der Waals surface area contributed by atoms with Crippen LogP contribution in [0.2, 0.25) is 0 Å². The van der Waals surface area contributed by atoms with Gasteiger partial charge in [-0.1, -0.05) is 18.2 Å². The first-order chi connectivity index (χ1) is 13.1. The first kappa shape index (κ1) is 21.6. The fourth-order valence-corrected chi connectivity index (χ4v) is 3.79. The Morgan fingerprint density at radius 3 is 2.52 bits per heavy atom. The highest BCUT2D eigenvalue weighted by molar-refractivity contribution is 7.09. The van der Waals surface area contributed by atoms with Gasteiger partial charge in [-0.15, -0.1) is 24.5 Å². The van der Waals surface area contributed by atoms with E-state index in [1.54, 1.807) is 18.4 Å². The summed E-state index contributed by atoms with van der Waals surface area (Å²) in [5.41, 5.74) is -0.980. The molecule has 0 aliphatic heterocycles. The lowest BCUT2D eigenvalue weighted by Crippen LogP contribution is -2.26. The molecule has 2 aromatic heterocycles. The molecule has 2 aromatic rings. The number of nitrogens with zero attached hydrogens (tertiary/aromatic N) is 1. The molecule has 2 heterocycles. The molecule has 0 atom stereocenters. The topological polar surface area (TPSA) is 45.8 Å². The Morgan fingerprint density at radius 2 is 1.93 bits per heavy atom. The molecular weight excluding hydrogens is 358 g/mol. The summed E-state index contributed by atoms with van der Waals surface area (Å²) in [5.74, 6) is 1.48. The molecule has 0 saturated carbocycles. The lowest BCUT2D eigenvalue weighted by Gasteiger charge is -2.25. The second-order valence-corrected chi connectivity index (χ2v) is 7.77. The van der Waals surface area contributed by atoms with Crippen LogP contribution in [-0.4, -0.2) is 30.3 Å². The highest BCUT2D eigenvalue weighted by Crippen LogP contribution is 2.33. The number of thiophene rings is 1. The molecule has 5 heteroatoms. The van der Waals surface area contributed by atoms with Crippen molar-refractivity contribution in [3.05, 3.63) is 71.4 Å². The number of hydrogen-bond acceptors (Lipinski definition) is 5. The Hall–Kier alpha value is -1.66. The van der Waals surface area contributed by atoms with Gasteiger partial charge in [0.25, 0.3) is 0 Å². The zero-order valence-electron chi connectivity index (χ0n) is 16.2. The van der Waals surface area contributed by atoms with Crippen LogP contribution < -0.4 is 0 Å². The summed E-state index contributed by atoms with van der Waals surface area (Å²) in [7, 11) is 1.72. The summed E-state index contributed by atoms with van der Waals surface area (Å²) in [5, 5.41) is 13.2. The van der Waals surface area contributed by atoms with Crippen LogP contribution in [0.25, 0.3) is 0 Å². The van der Waals surface area contributed by atoms with E-state index >= 15 is 0 Å². The van der Waals surface area contributed by atoms with Crippen molar-refractivity contribution in [2.75, 3.05) is 20.3 Å². The van der Waals surface area contributed by atoms with Gasteiger partial charge in [-0.3, -0.25) is 4.90 Å². The summed E-state index contributed by atoms with van der Waals surface area (Å²) >= 11 is 1.75. The minimum atomic E-state index is -0.980. The number of hydrogen-bond donors (Lipinski definition) is 1. The molecule has 0 bridgehead atoms. The van der Waals surface area contributed by atoms with Crippen molar-refractivity contribution in [1.82, 2.24) is 4.90 Å². The zero-order valence-corrected chi connectivity index (χ0v) is 17.0. The van der Waals surface area contributed by atoms with Gasteiger partial charge < -0.3 is 14.3 Å². The number of methoxy groups -OCH3 is 1. The third-order valence-electron chi connectivity index (χ3n) is 4.60. The fourth-order valence-electron chi connectivity index (χ4n) is 3.04. The zero-order chi connectivity index (χ0) is 19.5. The van der Waals surface area contributed by atoms with Crippen LogP contribution >= 0.6 is 11.3 Å². The molecule has 0 aromatic carbocycles. The monoisotopic (exact) mass is 389 g/mol. The molecule has 148 valence electrons. The van der Waals surface area contributed by atoms with E-state index in [-0.39, 0.29) is 0 Å². The van der Waals surface area contributed by atoms with Gasteiger partial charge in [0.1, 0.15) is 17.1 Å². The lowest BCUT2D eigenvalue weighted by atomic mass is 9.89. The van der Waals surface area contributed by atoms with Crippen molar-refractivity contribution in [1.29, 1.82) is 0 Å². The van der Waals surface area contributed by atoms with Crippen LogP contribution in [-0.2, 0) is 23.4 Å². The first-order valence-electron chi connectivity index (χ1n) is 9.38. The van der Waals surface area contributed by atoms with Crippen LogP contribution in [0.5, 0.6) is 0 Å². The molecule has 0 fully saturated rings. The second-order valence-electron chi connectivity index (χ2n) is 6.74. The van der Waals surface area contributed by atoms with Crippen molar-refractivity contribution >= 4 is 11.3 Å². The van der Waals surface area contributed by atoms with Gasteiger partial charge in [0.05, 0.1) is 13.2 Å². The highest BCUT2D eigenvalue weighted by atomic mass is 32.1. The van der Waals surface area contributed by atoms with E-state index in [0.29, 0.717) is 31.8 Å². The van der Waals surface area contributed by atoms with Crippen molar-refractivity contribution in [2.45, 2.75) is 44.4 Å². The van der Waals surface area contributed by atoms with Gasteiger partial charge in [0, 0.05) is 25.1 Å². The summed E-state index contributed by atoms with van der Waals surface area (Å²) in [4.78, 5) is 3.61. The Balaban J connectivity index is 2.09. The van der Waals surface area contributed by atoms with E-state index in [4.69, 9.17) is 9.15 Å². The summed E-state index contributed by atoms with van der Waals surface area (Å²) in [6.45, 7) is 10.6. The molecule has 4 nitrogen and oxygen atoms in total. The fraction of sp³-hybridized carbons (Fsp3) is 0.455. The van der Waals surface area contributed by atoms with Crippen molar-refractivity contribution in [3.63, 3.8) is 0 Å². The quantitative estimate of drug-likeness (QED) is 0.456. The predicted molar refractivity (Wildman–Crippen MR) is 112 cm³/mol. The number of ether oxygens (including phenoxy) is 1. The normalized spacial score (nSPS) is 11.8. The predicted octanol–water partition coefficient (Wildman–Crippen LogP) is 5.11. The SMILES string of the molecule is C=CCCC(O)(CCC=C)c1ccc(CN(CCOC)Cc2cccs2)o1. The molecule has 2 rings (SSSR count). The molecular formula is C22H31NO3S. The number of allylic oxidation sites excluding steroid dienone is 2. The Morgan fingerprint density at radius 1 is 1.19 bits per heavy atom. The van der Waals surface area contributed by atoms with E-state index in [2.05, 4.69) is 35.6 Å². The standard InChI is InChI=1S/C22H31NO3S/c1-4-6-12-22(24,13-7-5-2)21-11-10-19(26-21)17-23(14-15-25-3)18-20-9-8-16-27-20/h4-5,8-11,16,24H,1-2,6-7,12-15,17-18H2,3H3. The van der Waals surface area contributed by atoms with Crippen LogP contribution in [0, 0.1) is 0 Å². The second kappa shape index (κ2) is 11.2. The molecule has 1 N–H and O–H groups in total. The maximum atomic E-state index is 11.1. The maximum Gasteiger partial charge on any atom is 0.135 e. The van der Waals surface area contributed by atoms with E-state index in [1.165, 1.54) is 4.88 Å². The number of rotatable bonds is 14. The summed E-state index contributed by atoms with van der Waals surface area (Å²) in [6.07, 6.45) is 6.33. The van der Waals surface area contributed by atoms with Crippen molar-refractivity contribution < 1.29 is 14.3 Å². The van der Waals surface area contributed by atoms with E-state index in [0.717, 1.165) is 31.7 Å². The van der Waals surface area contributed by atoms with Crippen LogP contribution in [0.15, 0.2) is 59.4 Å². The minimum Gasteiger partial charge on any atom is -0.462 e. The summed E-state index contributed by atoms with van der Waals surface area (Å²) in [6, 6.07) is 8.08. The molecule has 0 radical (unpaired) electrons. The maximum absolute atomic E-state index is 11.1. The first-order valence-corrected chi connectivity index (χ1v) is 10.3. The molecule has 27 heavy (non-hydrogen) atoms. The number of aliphatic hydroxyl groups is 1. The minimum absolute atomic E-state index is 0.597. The molecule has 0 amide bonds. The summed E-state index contributed by atoms with van der Waals surface area (Å²) < 4.78 is 11.3. The Kier molecular flexibility index (Phi) is 9.01. The van der Waals surface area contributed by atoms with Crippen molar-refractivity contribution in [3.8, 4) is 0 Å². The molecule has 0 spiro atoms. The van der Waals surface area contributed by atoms with Gasteiger partial charge in [-0.05, 0) is 49.3 Å². The average molecular weight is 390 g/mol. The van der Waals surface area contributed by atoms with Gasteiger partial charge in [-0.2, -0.15) is 0 Å². The lowest BCUT2D eigenvalue weighted by molar-refractivity contribution is -0.00227. The Bertz CT molecular complexity index is 666. The van der Waals surface area contributed by atoms with Crippen LogP contribution in [0.4, 0.5) is 0 Å².